The number of fused-ring (bicyclic) bond motifs is 2. The third-order valence-electron chi connectivity index (χ3n) is 6.32. The zero-order chi connectivity index (χ0) is 19.3. The van der Waals surface area contributed by atoms with E-state index in [1.165, 1.54) is 7.11 Å². The number of likely N-dealkylation sites (tertiary alicyclic amines) is 1. The zero-order valence-electron chi connectivity index (χ0n) is 15.9. The van der Waals surface area contributed by atoms with Crippen LogP contribution in [0.4, 0.5) is 0 Å². The first kappa shape index (κ1) is 17.3. The topological polar surface area (TPSA) is 91.7 Å². The lowest BCUT2D eigenvalue weighted by molar-refractivity contribution is -0.143. The minimum atomic E-state index is -0.412. The van der Waals surface area contributed by atoms with Crippen LogP contribution in [0.1, 0.15) is 47.6 Å². The maximum Gasteiger partial charge on any atom is 0.289 e. The molecule has 1 aliphatic carbocycles. The monoisotopic (exact) mass is 384 g/mol. The molecular weight excluding hydrogens is 360 g/mol. The molecule has 28 heavy (non-hydrogen) atoms. The fourth-order valence-corrected chi connectivity index (χ4v) is 4.64. The summed E-state index contributed by atoms with van der Waals surface area (Å²) in [5.41, 5.74) is 1.69. The van der Waals surface area contributed by atoms with Crippen LogP contribution in [0.3, 0.4) is 0 Å². The first-order valence-electron chi connectivity index (χ1n) is 9.90. The van der Waals surface area contributed by atoms with Crippen molar-refractivity contribution in [2.24, 2.45) is 5.92 Å². The van der Waals surface area contributed by atoms with Gasteiger partial charge in [0.2, 0.25) is 5.91 Å². The normalized spacial score (nSPS) is 20.9. The third kappa shape index (κ3) is 2.62. The number of hydrogen-bond acceptors (Lipinski definition) is 5. The fraction of sp³-hybridized carbons (Fsp3) is 0.550. The number of rotatable bonds is 3. The summed E-state index contributed by atoms with van der Waals surface area (Å²) in [4.78, 5) is 37.5. The SMILES string of the molecule is COc1ccc(C(=O)N2CCC3(CC2)c2nc[nH]c2CCN3C(=O)C2CC2)o1. The smallest absolute Gasteiger partial charge is 0.289 e. The number of hydrogen-bond donors (Lipinski definition) is 1. The van der Waals surface area contributed by atoms with E-state index in [1.54, 1.807) is 23.4 Å². The largest absolute Gasteiger partial charge is 0.468 e. The number of amides is 2. The van der Waals surface area contributed by atoms with Gasteiger partial charge < -0.3 is 23.9 Å². The van der Waals surface area contributed by atoms with Crippen molar-refractivity contribution in [1.82, 2.24) is 19.8 Å². The van der Waals surface area contributed by atoms with Gasteiger partial charge in [-0.15, -0.1) is 0 Å². The van der Waals surface area contributed by atoms with Crippen LogP contribution in [0, 0.1) is 5.92 Å². The number of aromatic amines is 1. The van der Waals surface area contributed by atoms with Crippen molar-refractivity contribution in [3.05, 3.63) is 35.6 Å². The average Bonchev–Trinajstić information content (AvgIpc) is 3.26. The lowest BCUT2D eigenvalue weighted by atomic mass is 9.78. The molecule has 3 aliphatic rings. The van der Waals surface area contributed by atoms with Crippen molar-refractivity contribution in [2.75, 3.05) is 26.7 Å². The van der Waals surface area contributed by atoms with E-state index < -0.39 is 5.54 Å². The number of aromatic nitrogens is 2. The number of carbonyl (C=O) groups is 2. The zero-order valence-corrected chi connectivity index (χ0v) is 15.9. The number of imidazole rings is 1. The molecule has 1 saturated carbocycles. The van der Waals surface area contributed by atoms with Crippen LogP contribution in [0.2, 0.25) is 0 Å². The second-order valence-corrected chi connectivity index (χ2v) is 7.89. The van der Waals surface area contributed by atoms with E-state index >= 15 is 0 Å². The number of nitrogens with one attached hydrogen (secondary N) is 1. The average molecular weight is 384 g/mol. The minimum absolute atomic E-state index is 0.142. The standard InChI is InChI=1S/C20H24N4O4/c1-27-16-5-4-15(28-16)19(26)23-10-7-20(8-11-23)17-14(21-12-22-17)6-9-24(20)18(25)13-2-3-13/h4-5,12-13H,2-3,6-11H2,1H3,(H,21,22). The maximum atomic E-state index is 13.0. The molecule has 2 aromatic heterocycles. The van der Waals surface area contributed by atoms with Gasteiger partial charge in [0, 0.05) is 43.7 Å². The summed E-state index contributed by atoms with van der Waals surface area (Å²) in [6, 6.07) is 3.28. The number of H-pyrrole nitrogens is 1. The Morgan fingerprint density at radius 2 is 2.04 bits per heavy atom. The van der Waals surface area contributed by atoms with E-state index in [0.717, 1.165) is 30.7 Å². The van der Waals surface area contributed by atoms with E-state index in [-0.39, 0.29) is 23.5 Å². The Morgan fingerprint density at radius 1 is 1.25 bits per heavy atom. The Bertz CT molecular complexity index is 905. The number of carbonyl (C=O) groups excluding carboxylic acids is 2. The van der Waals surface area contributed by atoms with Crippen LogP contribution in [0.25, 0.3) is 0 Å². The highest BCUT2D eigenvalue weighted by atomic mass is 16.6. The Labute approximate surface area is 162 Å². The molecule has 0 unspecified atom stereocenters. The minimum Gasteiger partial charge on any atom is -0.468 e. The quantitative estimate of drug-likeness (QED) is 0.873. The van der Waals surface area contributed by atoms with Gasteiger partial charge >= 0.3 is 0 Å². The van der Waals surface area contributed by atoms with Crippen LogP contribution < -0.4 is 4.74 Å². The number of piperidine rings is 1. The van der Waals surface area contributed by atoms with Crippen LogP contribution in [0.5, 0.6) is 5.95 Å². The van der Waals surface area contributed by atoms with Gasteiger partial charge in [-0.05, 0) is 31.7 Å². The molecule has 1 N–H and O–H groups in total. The van der Waals surface area contributed by atoms with Crippen LogP contribution in [0.15, 0.2) is 22.9 Å². The van der Waals surface area contributed by atoms with Gasteiger partial charge in [0.15, 0.2) is 5.76 Å². The summed E-state index contributed by atoms with van der Waals surface area (Å²) in [5.74, 6) is 0.891. The van der Waals surface area contributed by atoms with Crippen molar-refractivity contribution >= 4 is 11.8 Å². The Kier molecular flexibility index (Phi) is 3.96. The third-order valence-corrected chi connectivity index (χ3v) is 6.32. The molecule has 8 nitrogen and oxygen atoms in total. The van der Waals surface area contributed by atoms with Crippen molar-refractivity contribution in [3.63, 3.8) is 0 Å². The molecule has 0 bridgehead atoms. The number of ether oxygens (including phenoxy) is 1. The Balaban J connectivity index is 1.39. The fourth-order valence-electron chi connectivity index (χ4n) is 4.64. The molecule has 2 fully saturated rings. The molecule has 4 heterocycles. The van der Waals surface area contributed by atoms with Gasteiger partial charge in [-0.1, -0.05) is 0 Å². The maximum absolute atomic E-state index is 13.0. The molecule has 2 aromatic rings. The molecular formula is C20H24N4O4. The summed E-state index contributed by atoms with van der Waals surface area (Å²) in [6.45, 7) is 1.83. The van der Waals surface area contributed by atoms with E-state index in [1.807, 2.05) is 0 Å². The first-order valence-corrected chi connectivity index (χ1v) is 9.90. The van der Waals surface area contributed by atoms with Crippen molar-refractivity contribution in [2.45, 2.75) is 37.6 Å². The van der Waals surface area contributed by atoms with Crippen LogP contribution in [-0.4, -0.2) is 58.3 Å². The van der Waals surface area contributed by atoms with Gasteiger partial charge in [0.1, 0.15) is 0 Å². The van der Waals surface area contributed by atoms with Gasteiger partial charge in [-0.2, -0.15) is 0 Å². The molecule has 1 spiro atoms. The lowest BCUT2D eigenvalue weighted by Crippen LogP contribution is -2.59. The molecule has 5 rings (SSSR count). The summed E-state index contributed by atoms with van der Waals surface area (Å²) in [7, 11) is 1.51. The van der Waals surface area contributed by atoms with Crippen LogP contribution >= 0.6 is 0 Å². The van der Waals surface area contributed by atoms with E-state index in [2.05, 4.69) is 14.9 Å². The predicted octanol–water partition coefficient (Wildman–Crippen LogP) is 1.94. The summed E-state index contributed by atoms with van der Waals surface area (Å²) in [5, 5.41) is 0. The molecule has 0 aromatic carbocycles. The van der Waals surface area contributed by atoms with Gasteiger partial charge in [-0.25, -0.2) is 4.98 Å². The predicted molar refractivity (Wildman–Crippen MR) is 98.8 cm³/mol. The molecule has 1 saturated heterocycles. The van der Waals surface area contributed by atoms with Gasteiger partial charge in [0.05, 0.1) is 24.7 Å². The Hall–Kier alpha value is -2.77. The first-order chi connectivity index (χ1) is 13.6. The van der Waals surface area contributed by atoms with Gasteiger partial charge in [0.25, 0.3) is 11.9 Å². The highest BCUT2D eigenvalue weighted by Crippen LogP contribution is 2.45. The molecule has 0 atom stereocenters. The van der Waals surface area contributed by atoms with Gasteiger partial charge in [-0.3, -0.25) is 9.59 Å². The number of furan rings is 1. The molecule has 2 amide bonds. The van der Waals surface area contributed by atoms with Crippen molar-refractivity contribution in [3.8, 4) is 5.95 Å². The highest BCUT2D eigenvalue weighted by Gasteiger charge is 2.51. The highest BCUT2D eigenvalue weighted by molar-refractivity contribution is 5.91. The number of nitrogens with zero attached hydrogens (tertiary/aromatic N) is 3. The van der Waals surface area contributed by atoms with Crippen molar-refractivity contribution in [1.29, 1.82) is 0 Å². The van der Waals surface area contributed by atoms with E-state index in [0.29, 0.717) is 38.4 Å². The van der Waals surface area contributed by atoms with E-state index in [4.69, 9.17) is 9.15 Å². The van der Waals surface area contributed by atoms with Crippen molar-refractivity contribution < 1.29 is 18.7 Å². The summed E-state index contributed by atoms with van der Waals surface area (Å²) in [6.07, 6.45) is 5.89. The van der Waals surface area contributed by atoms with Crippen LogP contribution in [-0.2, 0) is 16.8 Å². The molecule has 0 radical (unpaired) electrons. The second kappa shape index (κ2) is 6.39. The van der Waals surface area contributed by atoms with E-state index in [9.17, 15) is 9.59 Å². The molecule has 148 valence electrons. The molecule has 2 aliphatic heterocycles. The second-order valence-electron chi connectivity index (χ2n) is 7.89. The summed E-state index contributed by atoms with van der Waals surface area (Å²) < 4.78 is 10.5. The summed E-state index contributed by atoms with van der Waals surface area (Å²) >= 11 is 0. The number of methoxy groups -OCH3 is 1. The molecule has 8 heteroatoms. The Morgan fingerprint density at radius 3 is 2.71 bits per heavy atom. The lowest BCUT2D eigenvalue weighted by Gasteiger charge is -2.50.